The topological polar surface area (TPSA) is 29.9 Å². The summed E-state index contributed by atoms with van der Waals surface area (Å²) in [4.78, 5) is 4.56. The number of furan rings is 1. The fourth-order valence-corrected chi connectivity index (χ4v) is 3.98. The molecule has 0 amide bonds. The third kappa shape index (κ3) is 2.82. The van der Waals surface area contributed by atoms with Gasteiger partial charge in [0.05, 0.1) is 5.56 Å². The number of nitrogens with zero attached hydrogens (tertiary/aromatic N) is 2. The summed E-state index contributed by atoms with van der Waals surface area (Å²) in [5, 5.41) is 1.96. The molecule has 3 heteroatoms. The van der Waals surface area contributed by atoms with E-state index in [1.54, 1.807) is 6.20 Å². The lowest BCUT2D eigenvalue weighted by atomic mass is 9.96. The molecule has 0 radical (unpaired) electrons. The number of fused-ring (bicyclic) bond motifs is 3. The lowest BCUT2D eigenvalue weighted by Gasteiger charge is -2.10. The van der Waals surface area contributed by atoms with Gasteiger partial charge in [-0.15, -0.1) is 0 Å². The van der Waals surface area contributed by atoms with Crippen LogP contribution < -0.4 is 4.57 Å². The maximum absolute atomic E-state index is 8.09. The Morgan fingerprint density at radius 1 is 0.931 bits per heavy atom. The third-order valence-electron chi connectivity index (χ3n) is 5.47. The van der Waals surface area contributed by atoms with E-state index in [9.17, 15) is 0 Å². The lowest BCUT2D eigenvalue weighted by molar-refractivity contribution is -0.660. The molecule has 0 aliphatic rings. The summed E-state index contributed by atoms with van der Waals surface area (Å²) in [5.74, 6) is 0. The molecule has 0 atom stereocenters. The summed E-state index contributed by atoms with van der Waals surface area (Å²) < 4.78 is 32.4. The highest BCUT2D eigenvalue weighted by molar-refractivity contribution is 6.08. The van der Waals surface area contributed by atoms with Crippen LogP contribution in [0.1, 0.15) is 20.9 Å². The average Bonchev–Trinajstić information content (AvgIpc) is 3.11. The largest absolute Gasteiger partial charge is 0.437 e. The molecule has 0 fully saturated rings. The minimum Gasteiger partial charge on any atom is -0.437 e. The maximum Gasteiger partial charge on any atom is 0.227 e. The van der Waals surface area contributed by atoms with Gasteiger partial charge in [-0.3, -0.25) is 0 Å². The Balaban J connectivity index is 1.86. The van der Waals surface area contributed by atoms with Crippen LogP contribution in [0.3, 0.4) is 0 Å². The van der Waals surface area contributed by atoms with Gasteiger partial charge in [-0.2, -0.15) is 0 Å². The van der Waals surface area contributed by atoms with Gasteiger partial charge in [0.25, 0.3) is 0 Å². The van der Waals surface area contributed by atoms with Crippen molar-refractivity contribution >= 4 is 22.1 Å². The van der Waals surface area contributed by atoms with E-state index in [2.05, 4.69) is 17.1 Å². The van der Waals surface area contributed by atoms with Crippen molar-refractivity contribution in [3.05, 3.63) is 83.7 Å². The second-order valence-corrected chi connectivity index (χ2v) is 7.50. The number of rotatable bonds is 2. The molecular weight excluding hydrogens is 356 g/mol. The van der Waals surface area contributed by atoms with E-state index in [-0.39, 0.29) is 0 Å². The van der Waals surface area contributed by atoms with Gasteiger partial charge in [-0.1, -0.05) is 42.5 Å². The van der Waals surface area contributed by atoms with Gasteiger partial charge < -0.3 is 4.42 Å². The Morgan fingerprint density at radius 3 is 2.52 bits per heavy atom. The van der Waals surface area contributed by atoms with Gasteiger partial charge in [0.2, 0.25) is 11.4 Å². The van der Waals surface area contributed by atoms with E-state index >= 15 is 0 Å². The molecule has 142 valence electrons. The van der Waals surface area contributed by atoms with Crippen molar-refractivity contribution in [2.45, 2.75) is 20.7 Å². The van der Waals surface area contributed by atoms with Crippen LogP contribution in [0.15, 0.2) is 71.3 Å². The molecule has 5 rings (SSSR count). The number of aryl methyl sites for hydroxylation is 4. The predicted molar refractivity (Wildman–Crippen MR) is 118 cm³/mol. The van der Waals surface area contributed by atoms with Crippen molar-refractivity contribution in [2.75, 3.05) is 0 Å². The van der Waals surface area contributed by atoms with Gasteiger partial charge in [-0.05, 0) is 49.5 Å². The van der Waals surface area contributed by atoms with Crippen LogP contribution in [0, 0.1) is 20.7 Å². The van der Waals surface area contributed by atoms with E-state index in [4.69, 9.17) is 8.53 Å². The summed E-state index contributed by atoms with van der Waals surface area (Å²) in [5.41, 5.74) is 7.02. The summed E-state index contributed by atoms with van der Waals surface area (Å²) >= 11 is 0. The van der Waals surface area contributed by atoms with E-state index in [0.29, 0.717) is 16.8 Å². The Kier molecular flexibility index (Phi) is 3.28. The van der Waals surface area contributed by atoms with Gasteiger partial charge in [0, 0.05) is 32.2 Å². The Hall–Kier alpha value is -3.46. The van der Waals surface area contributed by atoms with Crippen molar-refractivity contribution < 1.29 is 13.1 Å². The highest BCUT2D eigenvalue weighted by Crippen LogP contribution is 2.37. The lowest BCUT2D eigenvalue weighted by Crippen LogP contribution is -2.31. The second kappa shape index (κ2) is 6.56. The first-order valence-electron chi connectivity index (χ1n) is 11.1. The molecule has 0 unspecified atom stereocenters. The standard InChI is InChI=1S/C26H23N2O/c1-16-10-12-20-21-13-11-18(3)27-26(21)29-25(20)24(16)23-14-22(17(2)15-28(23)4)19-8-6-5-7-9-19/h5-15H,1-4H3/q+1/i2D3. The minimum absolute atomic E-state index is 0.321. The number of hydrogen-bond donors (Lipinski definition) is 0. The number of hydrogen-bond acceptors (Lipinski definition) is 2. The molecule has 2 aromatic carbocycles. The van der Waals surface area contributed by atoms with Gasteiger partial charge in [0.1, 0.15) is 7.05 Å². The first kappa shape index (κ1) is 14.5. The molecule has 0 aliphatic heterocycles. The second-order valence-electron chi connectivity index (χ2n) is 7.50. The Bertz CT molecular complexity index is 1480. The quantitative estimate of drug-likeness (QED) is 0.347. The van der Waals surface area contributed by atoms with Crippen molar-refractivity contribution in [3.8, 4) is 22.4 Å². The summed E-state index contributed by atoms with van der Waals surface area (Å²) in [7, 11) is 1.88. The fraction of sp³-hybridized carbons (Fsp3) is 0.154. The summed E-state index contributed by atoms with van der Waals surface area (Å²) in [6, 6.07) is 19.8. The normalized spacial score (nSPS) is 13.4. The Labute approximate surface area is 174 Å². The smallest absolute Gasteiger partial charge is 0.227 e. The van der Waals surface area contributed by atoms with Crippen LogP contribution in [-0.2, 0) is 7.05 Å². The van der Waals surface area contributed by atoms with Gasteiger partial charge in [-0.25, -0.2) is 9.55 Å². The van der Waals surface area contributed by atoms with Crippen LogP contribution in [0.25, 0.3) is 44.5 Å². The molecule has 0 saturated carbocycles. The predicted octanol–water partition coefficient (Wildman–Crippen LogP) is 6.06. The molecule has 0 N–H and O–H groups in total. The molecule has 0 bridgehead atoms. The minimum atomic E-state index is -2.23. The first-order valence-corrected chi connectivity index (χ1v) is 9.63. The van der Waals surface area contributed by atoms with Crippen molar-refractivity contribution in [1.29, 1.82) is 0 Å². The van der Waals surface area contributed by atoms with Crippen molar-refractivity contribution in [1.82, 2.24) is 4.98 Å². The highest BCUT2D eigenvalue weighted by Gasteiger charge is 2.22. The number of benzene rings is 2. The zero-order chi connectivity index (χ0) is 22.6. The average molecular weight is 383 g/mol. The van der Waals surface area contributed by atoms with E-state index in [1.165, 1.54) is 0 Å². The van der Waals surface area contributed by atoms with Crippen LogP contribution in [0.5, 0.6) is 0 Å². The van der Waals surface area contributed by atoms with Crippen molar-refractivity contribution in [2.24, 2.45) is 7.05 Å². The molecule has 0 saturated heterocycles. The summed E-state index contributed by atoms with van der Waals surface area (Å²) in [6.07, 6.45) is 1.72. The van der Waals surface area contributed by atoms with E-state index in [1.807, 2.05) is 74.0 Å². The number of aromatic nitrogens is 2. The zero-order valence-electron chi connectivity index (χ0n) is 19.7. The third-order valence-corrected chi connectivity index (χ3v) is 5.47. The van der Waals surface area contributed by atoms with Gasteiger partial charge >= 0.3 is 0 Å². The molecule has 0 spiro atoms. The molecule has 29 heavy (non-hydrogen) atoms. The zero-order valence-corrected chi connectivity index (χ0v) is 16.7. The van der Waals surface area contributed by atoms with Gasteiger partial charge in [0.15, 0.2) is 11.8 Å². The van der Waals surface area contributed by atoms with Crippen LogP contribution >= 0.6 is 0 Å². The monoisotopic (exact) mass is 382 g/mol. The maximum atomic E-state index is 8.09. The van der Waals surface area contributed by atoms with E-state index < -0.39 is 6.85 Å². The molecule has 3 nitrogen and oxygen atoms in total. The Morgan fingerprint density at radius 2 is 1.72 bits per heavy atom. The highest BCUT2D eigenvalue weighted by atomic mass is 16.3. The molecule has 3 aromatic heterocycles. The van der Waals surface area contributed by atoms with Crippen molar-refractivity contribution in [3.63, 3.8) is 0 Å². The van der Waals surface area contributed by atoms with Crippen LogP contribution in [-0.4, -0.2) is 4.98 Å². The molecular formula is C26H23N2O+. The molecule has 5 aromatic rings. The molecule has 0 aliphatic carbocycles. The first-order chi connectivity index (χ1) is 15.2. The van der Waals surface area contributed by atoms with Crippen LogP contribution in [0.2, 0.25) is 0 Å². The number of pyridine rings is 2. The van der Waals surface area contributed by atoms with Crippen LogP contribution in [0.4, 0.5) is 0 Å². The van der Waals surface area contributed by atoms with E-state index in [0.717, 1.165) is 44.4 Å². The SMILES string of the molecule is [2H]C([2H])([2H])c1c[n+](C)c(-c2c(C)ccc3c2oc2nc(C)ccc23)cc1-c1ccccc1. The molecule has 3 heterocycles. The summed E-state index contributed by atoms with van der Waals surface area (Å²) in [6.45, 7) is 1.75. The fourth-order valence-electron chi connectivity index (χ4n) is 3.98.